The van der Waals surface area contributed by atoms with E-state index in [9.17, 15) is 0 Å². The minimum absolute atomic E-state index is 0.00228. The van der Waals surface area contributed by atoms with Crippen molar-refractivity contribution in [2.75, 3.05) is 23.9 Å². The number of H-pyrrole nitrogens is 1. The summed E-state index contributed by atoms with van der Waals surface area (Å²) in [5.74, 6) is 3.46. The lowest BCUT2D eigenvalue weighted by Crippen LogP contribution is -2.25. The van der Waals surface area contributed by atoms with Crippen LogP contribution in [-0.4, -0.2) is 44.0 Å². The number of rotatable bonds is 8. The number of aromatic amines is 1. The number of hydrogen-bond donors (Lipinski definition) is 2. The molecule has 2 fully saturated rings. The fourth-order valence-electron chi connectivity index (χ4n) is 4.42. The lowest BCUT2D eigenvalue weighted by molar-refractivity contribution is 0.181. The Morgan fingerprint density at radius 2 is 2.06 bits per heavy atom. The van der Waals surface area contributed by atoms with Crippen molar-refractivity contribution in [1.29, 1.82) is 0 Å². The summed E-state index contributed by atoms with van der Waals surface area (Å²) in [5, 5.41) is 15.1. The molecule has 1 saturated carbocycles. The summed E-state index contributed by atoms with van der Waals surface area (Å²) in [5.41, 5.74) is 3.48. The van der Waals surface area contributed by atoms with E-state index in [1.165, 1.54) is 18.5 Å². The predicted octanol–water partition coefficient (Wildman–Crippen LogP) is 4.36. The van der Waals surface area contributed by atoms with Gasteiger partial charge in [0.25, 0.3) is 0 Å². The van der Waals surface area contributed by atoms with Gasteiger partial charge in [-0.1, -0.05) is 11.2 Å². The van der Waals surface area contributed by atoms with Gasteiger partial charge in [-0.05, 0) is 37.8 Å². The highest BCUT2D eigenvalue weighted by atomic mass is 16.5. The van der Waals surface area contributed by atoms with Crippen LogP contribution in [0.25, 0.3) is 11.4 Å². The van der Waals surface area contributed by atoms with Crippen molar-refractivity contribution < 1.29 is 9.26 Å². The van der Waals surface area contributed by atoms with Gasteiger partial charge in [-0.2, -0.15) is 10.1 Å². The predicted molar refractivity (Wildman–Crippen MR) is 126 cm³/mol. The number of methoxy groups -OCH3 is 1. The summed E-state index contributed by atoms with van der Waals surface area (Å²) >= 11 is 0. The number of ether oxygens (including phenoxy) is 1. The minimum atomic E-state index is 0.00228. The van der Waals surface area contributed by atoms with Gasteiger partial charge in [-0.25, -0.2) is 4.98 Å². The molecule has 0 spiro atoms. The van der Waals surface area contributed by atoms with Gasteiger partial charge < -0.3 is 19.5 Å². The van der Waals surface area contributed by atoms with Crippen LogP contribution in [0.15, 0.2) is 47.1 Å². The first-order valence-corrected chi connectivity index (χ1v) is 11.6. The van der Waals surface area contributed by atoms with Crippen LogP contribution in [0.1, 0.15) is 54.8 Å². The molecular formula is C24H26N8O2. The molecule has 174 valence electrons. The van der Waals surface area contributed by atoms with Gasteiger partial charge in [-0.3, -0.25) is 10.1 Å². The zero-order chi connectivity index (χ0) is 22.9. The molecule has 2 aliphatic rings. The van der Waals surface area contributed by atoms with Crippen LogP contribution in [0, 0.1) is 0 Å². The molecule has 4 aromatic rings. The van der Waals surface area contributed by atoms with Crippen molar-refractivity contribution in [1.82, 2.24) is 30.3 Å². The molecule has 34 heavy (non-hydrogen) atoms. The molecule has 4 aromatic heterocycles. The molecule has 1 unspecified atom stereocenters. The molecule has 1 aliphatic carbocycles. The number of anilines is 3. The average molecular weight is 459 g/mol. The van der Waals surface area contributed by atoms with Crippen molar-refractivity contribution >= 4 is 17.6 Å². The molecule has 5 heterocycles. The van der Waals surface area contributed by atoms with Crippen LogP contribution < -0.4 is 10.2 Å². The molecule has 0 amide bonds. The molecule has 0 radical (unpaired) electrons. The number of nitrogens with one attached hydrogen (secondary N) is 2. The summed E-state index contributed by atoms with van der Waals surface area (Å²) in [7, 11) is 1.66. The highest BCUT2D eigenvalue weighted by Crippen LogP contribution is 2.40. The smallest absolute Gasteiger partial charge is 0.228 e. The number of pyridine rings is 1. The summed E-state index contributed by atoms with van der Waals surface area (Å²) in [6, 6.07) is 11.7. The number of nitrogens with zero attached hydrogens (tertiary/aromatic N) is 6. The Hall–Kier alpha value is -3.79. The van der Waals surface area contributed by atoms with Crippen LogP contribution in [0.3, 0.4) is 0 Å². The molecule has 10 nitrogen and oxygen atoms in total. The highest BCUT2D eigenvalue weighted by Gasteiger charge is 2.32. The topological polar surface area (TPSA) is 118 Å². The maximum atomic E-state index is 5.75. The fraction of sp³-hybridized carbons (Fsp3) is 0.375. The lowest BCUT2D eigenvalue weighted by atomic mass is 10.1. The van der Waals surface area contributed by atoms with Crippen molar-refractivity contribution in [2.45, 2.75) is 44.2 Å². The zero-order valence-corrected chi connectivity index (χ0v) is 18.9. The maximum absolute atomic E-state index is 5.75. The van der Waals surface area contributed by atoms with Gasteiger partial charge in [0.2, 0.25) is 5.95 Å². The van der Waals surface area contributed by atoms with Crippen LogP contribution in [-0.2, 0) is 11.3 Å². The van der Waals surface area contributed by atoms with Gasteiger partial charge >= 0.3 is 0 Å². The third-order valence-corrected chi connectivity index (χ3v) is 6.22. The van der Waals surface area contributed by atoms with Gasteiger partial charge in [0, 0.05) is 49.7 Å². The Morgan fingerprint density at radius 1 is 1.12 bits per heavy atom. The van der Waals surface area contributed by atoms with Gasteiger partial charge in [-0.15, -0.1) is 0 Å². The lowest BCUT2D eigenvalue weighted by Gasteiger charge is -2.23. The van der Waals surface area contributed by atoms with E-state index in [2.05, 4.69) is 36.6 Å². The largest absolute Gasteiger partial charge is 0.378 e. The van der Waals surface area contributed by atoms with E-state index in [1.54, 1.807) is 13.3 Å². The molecule has 2 N–H and O–H groups in total. The first-order chi connectivity index (χ1) is 16.8. The van der Waals surface area contributed by atoms with Crippen molar-refractivity contribution in [3.05, 3.63) is 59.7 Å². The summed E-state index contributed by atoms with van der Waals surface area (Å²) in [6.07, 6.45) is 6.13. The van der Waals surface area contributed by atoms with Gasteiger partial charge in [0.1, 0.15) is 11.5 Å². The minimum Gasteiger partial charge on any atom is -0.378 e. The molecular weight excluding hydrogens is 432 g/mol. The third kappa shape index (κ3) is 4.24. The quantitative estimate of drug-likeness (QED) is 0.397. The molecule has 0 aromatic carbocycles. The number of aromatic nitrogens is 6. The monoisotopic (exact) mass is 458 g/mol. The normalized spacial score (nSPS) is 17.9. The highest BCUT2D eigenvalue weighted by molar-refractivity contribution is 5.56. The van der Waals surface area contributed by atoms with E-state index in [0.717, 1.165) is 48.0 Å². The second-order valence-electron chi connectivity index (χ2n) is 8.77. The van der Waals surface area contributed by atoms with Gasteiger partial charge in [0.05, 0.1) is 24.0 Å². The first-order valence-electron chi connectivity index (χ1n) is 11.6. The van der Waals surface area contributed by atoms with E-state index in [4.69, 9.17) is 19.2 Å². The Morgan fingerprint density at radius 3 is 2.88 bits per heavy atom. The second-order valence-corrected chi connectivity index (χ2v) is 8.77. The molecule has 0 bridgehead atoms. The second kappa shape index (κ2) is 8.86. The fourth-order valence-corrected chi connectivity index (χ4v) is 4.42. The third-order valence-electron chi connectivity index (χ3n) is 6.22. The molecule has 1 saturated heterocycles. The van der Waals surface area contributed by atoms with E-state index < -0.39 is 0 Å². The standard InChI is InChI=1S/C24H26N8O2/c1-33-14-16-11-22(27-23-13-18(29-30-23)15-7-8-15)28-24(26-16)32-10-4-6-20(32)21-12-19(31-34-21)17-5-2-3-9-25-17/h2-3,5,9,11-13,15,20H,4,6-8,10,14H2,1H3,(H2,26,27,28,29,30). The van der Waals surface area contributed by atoms with Crippen molar-refractivity contribution in [3.63, 3.8) is 0 Å². The Kier molecular flexibility index (Phi) is 5.42. The van der Waals surface area contributed by atoms with Gasteiger partial charge in [0.15, 0.2) is 11.6 Å². The average Bonchev–Trinajstić information content (AvgIpc) is 3.24. The van der Waals surface area contributed by atoms with Crippen molar-refractivity contribution in [3.8, 4) is 11.4 Å². The Balaban J connectivity index is 1.27. The SMILES string of the molecule is COCc1cc(Nc2cc(C3CC3)[nH]n2)nc(N2CCCC2c2cc(-c3ccccn3)no2)n1. The van der Waals surface area contributed by atoms with E-state index in [-0.39, 0.29) is 6.04 Å². The zero-order valence-electron chi connectivity index (χ0n) is 18.9. The molecule has 1 aliphatic heterocycles. The summed E-state index contributed by atoms with van der Waals surface area (Å²) in [6.45, 7) is 1.22. The van der Waals surface area contributed by atoms with E-state index in [1.807, 2.05) is 30.3 Å². The van der Waals surface area contributed by atoms with E-state index >= 15 is 0 Å². The molecule has 6 rings (SSSR count). The Labute approximate surface area is 196 Å². The van der Waals surface area contributed by atoms with Crippen LogP contribution in [0.4, 0.5) is 17.6 Å². The maximum Gasteiger partial charge on any atom is 0.228 e. The van der Waals surface area contributed by atoms with Crippen LogP contribution in [0.5, 0.6) is 0 Å². The Bertz CT molecular complexity index is 1270. The molecule has 1 atom stereocenters. The summed E-state index contributed by atoms with van der Waals surface area (Å²) < 4.78 is 11.1. The van der Waals surface area contributed by atoms with Crippen LogP contribution >= 0.6 is 0 Å². The van der Waals surface area contributed by atoms with Crippen LogP contribution in [0.2, 0.25) is 0 Å². The van der Waals surface area contributed by atoms with E-state index in [0.29, 0.717) is 24.3 Å². The number of hydrogen-bond acceptors (Lipinski definition) is 9. The summed E-state index contributed by atoms with van der Waals surface area (Å²) in [4.78, 5) is 16.1. The first kappa shape index (κ1) is 20.8. The van der Waals surface area contributed by atoms with Crippen molar-refractivity contribution in [2.24, 2.45) is 0 Å². The molecule has 10 heteroatoms.